The maximum atomic E-state index is 12.3. The van der Waals surface area contributed by atoms with E-state index in [0.717, 1.165) is 5.56 Å². The number of hydrogen-bond donors (Lipinski definition) is 1. The Kier molecular flexibility index (Phi) is 4.23. The Morgan fingerprint density at radius 3 is 2.50 bits per heavy atom. The third-order valence-electron chi connectivity index (χ3n) is 3.21. The largest absolute Gasteiger partial charge is 0.360 e. The Hall–Kier alpha value is -2.10. The highest BCUT2D eigenvalue weighted by Crippen LogP contribution is 2.22. The number of amides is 1. The van der Waals surface area contributed by atoms with E-state index in [4.69, 9.17) is 4.52 Å². The lowest BCUT2D eigenvalue weighted by atomic mass is 10.0. The number of benzene rings is 1. The second-order valence-electron chi connectivity index (χ2n) is 5.33. The summed E-state index contributed by atoms with van der Waals surface area (Å²) in [6.45, 7) is 8.29. The van der Waals surface area contributed by atoms with Gasteiger partial charge >= 0.3 is 0 Å². The van der Waals surface area contributed by atoms with E-state index in [1.807, 2.05) is 45.0 Å². The summed E-state index contributed by atoms with van der Waals surface area (Å²) in [7, 11) is 0. The molecule has 1 amide bonds. The predicted octanol–water partition coefficient (Wildman–Crippen LogP) is 3.34. The van der Waals surface area contributed by atoms with E-state index in [0.29, 0.717) is 23.6 Å². The number of carbonyl (C=O) groups excluding carboxylic acids is 1. The molecule has 0 aliphatic heterocycles. The molecule has 1 N–H and O–H groups in total. The van der Waals surface area contributed by atoms with Crippen molar-refractivity contribution in [2.45, 2.75) is 40.2 Å². The molecule has 106 valence electrons. The van der Waals surface area contributed by atoms with Gasteiger partial charge in [0.1, 0.15) is 5.56 Å². The third kappa shape index (κ3) is 3.07. The van der Waals surface area contributed by atoms with Crippen LogP contribution in [0.5, 0.6) is 0 Å². The average Bonchev–Trinajstić information content (AvgIpc) is 2.80. The first-order chi connectivity index (χ1) is 9.49. The summed E-state index contributed by atoms with van der Waals surface area (Å²) in [6, 6.07) is 8.09. The van der Waals surface area contributed by atoms with Gasteiger partial charge in [-0.25, -0.2) is 0 Å². The van der Waals surface area contributed by atoms with E-state index < -0.39 is 0 Å². The van der Waals surface area contributed by atoms with E-state index in [1.54, 1.807) is 6.92 Å². The van der Waals surface area contributed by atoms with Crippen molar-refractivity contribution in [1.29, 1.82) is 0 Å². The van der Waals surface area contributed by atoms with Crippen LogP contribution in [0, 0.1) is 13.8 Å². The second-order valence-corrected chi connectivity index (χ2v) is 5.33. The number of aryl methyl sites for hydroxylation is 2. The lowest BCUT2D eigenvalue weighted by Gasteiger charge is -2.07. The molecular weight excluding hydrogens is 252 g/mol. The number of hydrogen-bond acceptors (Lipinski definition) is 3. The molecular formula is C16H20N2O2. The van der Waals surface area contributed by atoms with Gasteiger partial charge in [0.15, 0.2) is 5.76 Å². The number of nitrogens with zero attached hydrogens (tertiary/aromatic N) is 1. The molecule has 0 atom stereocenters. The molecule has 2 rings (SSSR count). The van der Waals surface area contributed by atoms with Crippen molar-refractivity contribution in [3.05, 3.63) is 52.4 Å². The van der Waals surface area contributed by atoms with Crippen LogP contribution in [0.25, 0.3) is 0 Å². The van der Waals surface area contributed by atoms with E-state index in [-0.39, 0.29) is 11.8 Å². The maximum absolute atomic E-state index is 12.3. The van der Waals surface area contributed by atoms with E-state index in [9.17, 15) is 4.79 Å². The maximum Gasteiger partial charge on any atom is 0.257 e. The van der Waals surface area contributed by atoms with Gasteiger partial charge in [-0.2, -0.15) is 0 Å². The van der Waals surface area contributed by atoms with Crippen LogP contribution in [0.15, 0.2) is 28.8 Å². The normalized spacial score (nSPS) is 10.8. The molecule has 0 radical (unpaired) electrons. The van der Waals surface area contributed by atoms with Gasteiger partial charge in [0, 0.05) is 12.5 Å². The molecule has 0 saturated heterocycles. The zero-order valence-electron chi connectivity index (χ0n) is 12.4. The van der Waals surface area contributed by atoms with Crippen molar-refractivity contribution >= 4 is 5.91 Å². The van der Waals surface area contributed by atoms with Crippen LogP contribution < -0.4 is 5.32 Å². The number of rotatable bonds is 4. The summed E-state index contributed by atoms with van der Waals surface area (Å²) >= 11 is 0. The van der Waals surface area contributed by atoms with Gasteiger partial charge in [0.2, 0.25) is 0 Å². The first kappa shape index (κ1) is 14.3. The molecule has 0 bridgehead atoms. The topological polar surface area (TPSA) is 55.1 Å². The summed E-state index contributed by atoms with van der Waals surface area (Å²) < 4.78 is 5.23. The van der Waals surface area contributed by atoms with Gasteiger partial charge in [0.25, 0.3) is 5.91 Å². The fourth-order valence-electron chi connectivity index (χ4n) is 2.03. The van der Waals surface area contributed by atoms with Crippen molar-refractivity contribution in [2.75, 3.05) is 0 Å². The summed E-state index contributed by atoms with van der Waals surface area (Å²) in [6.07, 6.45) is 0. The number of nitrogens with one attached hydrogen (secondary N) is 1. The Morgan fingerprint density at radius 1 is 1.25 bits per heavy atom. The fourth-order valence-corrected chi connectivity index (χ4v) is 2.03. The molecule has 1 aromatic heterocycles. The van der Waals surface area contributed by atoms with Crippen LogP contribution >= 0.6 is 0 Å². The van der Waals surface area contributed by atoms with Crippen LogP contribution in [0.3, 0.4) is 0 Å². The van der Waals surface area contributed by atoms with Gasteiger partial charge in [-0.1, -0.05) is 48.8 Å². The Bertz CT molecular complexity index is 597. The predicted molar refractivity (Wildman–Crippen MR) is 77.7 cm³/mol. The van der Waals surface area contributed by atoms with Gasteiger partial charge in [-0.15, -0.1) is 0 Å². The van der Waals surface area contributed by atoms with Crippen LogP contribution in [-0.4, -0.2) is 11.1 Å². The van der Waals surface area contributed by atoms with Crippen molar-refractivity contribution in [1.82, 2.24) is 10.5 Å². The molecule has 2 aromatic rings. The summed E-state index contributed by atoms with van der Waals surface area (Å²) in [5, 5.41) is 6.81. The minimum atomic E-state index is -0.131. The van der Waals surface area contributed by atoms with Crippen molar-refractivity contribution in [3.8, 4) is 0 Å². The van der Waals surface area contributed by atoms with Gasteiger partial charge in [0.05, 0.1) is 5.69 Å². The average molecular weight is 272 g/mol. The van der Waals surface area contributed by atoms with Gasteiger partial charge in [-0.05, 0) is 19.4 Å². The zero-order chi connectivity index (χ0) is 14.7. The Morgan fingerprint density at radius 2 is 1.90 bits per heavy atom. The molecule has 0 unspecified atom stereocenters. The lowest BCUT2D eigenvalue weighted by Crippen LogP contribution is -2.24. The monoisotopic (exact) mass is 272 g/mol. The quantitative estimate of drug-likeness (QED) is 0.928. The Labute approximate surface area is 119 Å². The highest BCUT2D eigenvalue weighted by Gasteiger charge is 2.22. The minimum absolute atomic E-state index is 0.131. The molecule has 0 spiro atoms. The molecule has 0 fully saturated rings. The minimum Gasteiger partial charge on any atom is -0.360 e. The van der Waals surface area contributed by atoms with Crippen LogP contribution in [0.1, 0.15) is 52.7 Å². The summed E-state index contributed by atoms with van der Waals surface area (Å²) in [4.78, 5) is 12.3. The molecule has 0 aliphatic carbocycles. The zero-order valence-corrected chi connectivity index (χ0v) is 12.4. The summed E-state index contributed by atoms with van der Waals surface area (Å²) in [5.41, 5.74) is 3.48. The highest BCUT2D eigenvalue weighted by molar-refractivity contribution is 5.96. The van der Waals surface area contributed by atoms with Gasteiger partial charge < -0.3 is 9.84 Å². The standard InChI is InChI=1S/C16H20N2O2/c1-10(2)15-14(12(4)18-20-15)16(19)17-9-13-7-5-11(3)6-8-13/h5-8,10H,9H2,1-4H3,(H,17,19). The molecule has 20 heavy (non-hydrogen) atoms. The van der Waals surface area contributed by atoms with Gasteiger partial charge in [-0.3, -0.25) is 4.79 Å². The lowest BCUT2D eigenvalue weighted by molar-refractivity contribution is 0.0948. The van der Waals surface area contributed by atoms with E-state index >= 15 is 0 Å². The van der Waals surface area contributed by atoms with E-state index in [2.05, 4.69) is 10.5 Å². The first-order valence-corrected chi connectivity index (χ1v) is 6.79. The molecule has 4 nitrogen and oxygen atoms in total. The molecule has 4 heteroatoms. The smallest absolute Gasteiger partial charge is 0.257 e. The first-order valence-electron chi connectivity index (χ1n) is 6.79. The van der Waals surface area contributed by atoms with Crippen molar-refractivity contribution in [2.24, 2.45) is 0 Å². The highest BCUT2D eigenvalue weighted by atomic mass is 16.5. The number of carbonyl (C=O) groups is 1. The van der Waals surface area contributed by atoms with Crippen LogP contribution in [0.2, 0.25) is 0 Å². The molecule has 0 saturated carbocycles. The molecule has 1 aromatic carbocycles. The number of aromatic nitrogens is 1. The summed E-state index contributed by atoms with van der Waals surface area (Å²) in [5.74, 6) is 0.647. The molecule has 0 aliphatic rings. The van der Waals surface area contributed by atoms with Crippen LogP contribution in [-0.2, 0) is 6.54 Å². The third-order valence-corrected chi connectivity index (χ3v) is 3.21. The second kappa shape index (κ2) is 5.90. The van der Waals surface area contributed by atoms with Crippen molar-refractivity contribution < 1.29 is 9.32 Å². The SMILES string of the molecule is Cc1ccc(CNC(=O)c2c(C)noc2C(C)C)cc1. The van der Waals surface area contributed by atoms with E-state index in [1.165, 1.54) is 5.56 Å². The molecule has 1 heterocycles. The van der Waals surface area contributed by atoms with Crippen LogP contribution in [0.4, 0.5) is 0 Å². The van der Waals surface area contributed by atoms with Crippen molar-refractivity contribution in [3.63, 3.8) is 0 Å². The Balaban J connectivity index is 2.09. The fraction of sp³-hybridized carbons (Fsp3) is 0.375.